The summed E-state index contributed by atoms with van der Waals surface area (Å²) in [5.74, 6) is 2.12. The summed E-state index contributed by atoms with van der Waals surface area (Å²) in [7, 11) is 0. The van der Waals surface area contributed by atoms with Gasteiger partial charge in [0.2, 0.25) is 11.1 Å². The normalized spacial score (nSPS) is 11.1. The number of thioether (sulfide) groups is 1. The summed E-state index contributed by atoms with van der Waals surface area (Å²) in [6.45, 7) is 3.79. The molecule has 0 bridgehead atoms. The lowest BCUT2D eigenvalue weighted by Crippen LogP contribution is -2.37. The minimum Gasteiger partial charge on any atom is -0.457 e. The third-order valence-electron chi connectivity index (χ3n) is 3.69. The van der Waals surface area contributed by atoms with Gasteiger partial charge in [-0.05, 0) is 61.3 Å². The molecule has 2 aromatic heterocycles. The van der Waals surface area contributed by atoms with Crippen LogP contribution in [-0.4, -0.2) is 31.6 Å². The molecule has 3 aromatic rings. The van der Waals surface area contributed by atoms with Crippen molar-refractivity contribution in [3.8, 4) is 11.3 Å². The average molecular weight is 482 g/mol. The molecule has 0 aliphatic heterocycles. The Bertz CT molecular complexity index is 1090. The van der Waals surface area contributed by atoms with E-state index in [4.69, 9.17) is 39.8 Å². The van der Waals surface area contributed by atoms with Crippen molar-refractivity contribution in [2.75, 3.05) is 11.2 Å². The van der Waals surface area contributed by atoms with E-state index in [2.05, 4.69) is 20.9 Å². The van der Waals surface area contributed by atoms with E-state index >= 15 is 0 Å². The van der Waals surface area contributed by atoms with E-state index in [0.717, 1.165) is 11.3 Å². The van der Waals surface area contributed by atoms with E-state index in [1.165, 1.54) is 23.9 Å². The lowest BCUT2D eigenvalue weighted by molar-refractivity contribution is -0.115. The molecule has 156 valence electrons. The number of hydrogen-bond donors (Lipinski definition) is 2. The molecule has 2 heterocycles. The minimum absolute atomic E-state index is 0.124. The molecule has 1 amide bonds. The number of aromatic nitrogens is 3. The van der Waals surface area contributed by atoms with Crippen LogP contribution < -0.4 is 10.7 Å². The van der Waals surface area contributed by atoms with Crippen molar-refractivity contribution in [1.82, 2.24) is 20.2 Å². The number of carbonyl (C=O) groups is 1. The zero-order valence-corrected chi connectivity index (χ0v) is 19.1. The Labute approximate surface area is 192 Å². The van der Waals surface area contributed by atoms with Gasteiger partial charge in [-0.15, -0.1) is 10.2 Å². The second kappa shape index (κ2) is 10.1. The van der Waals surface area contributed by atoms with Crippen molar-refractivity contribution in [1.29, 1.82) is 0 Å². The van der Waals surface area contributed by atoms with E-state index in [-0.39, 0.29) is 5.11 Å². The van der Waals surface area contributed by atoms with Crippen LogP contribution in [0.1, 0.15) is 18.5 Å². The Kier molecular flexibility index (Phi) is 7.54. The van der Waals surface area contributed by atoms with E-state index in [1.807, 2.05) is 6.92 Å². The molecule has 0 radical (unpaired) electrons. The smallest absolute Gasteiger partial charge is 0.250 e. The van der Waals surface area contributed by atoms with Crippen LogP contribution in [0.2, 0.25) is 10.0 Å². The molecule has 30 heavy (non-hydrogen) atoms. The van der Waals surface area contributed by atoms with E-state index in [1.54, 1.807) is 41.9 Å². The standard InChI is InChI=1S/C19H17Cl2N5O2S2/c1-3-30-19-24-23-11(2)26(19)25-18(29)22-17(27)7-5-15-4-6-16(28-15)12-8-13(20)10-14(21)9-12/h4-10H,3H2,1-2H3,(H2,22,25,27,29)/b7-5+. The largest absolute Gasteiger partial charge is 0.457 e. The summed E-state index contributed by atoms with van der Waals surface area (Å²) in [6, 6.07) is 8.64. The molecular formula is C19H17Cl2N5O2S2. The lowest BCUT2D eigenvalue weighted by Gasteiger charge is -2.11. The van der Waals surface area contributed by atoms with Crippen LogP contribution >= 0.6 is 47.2 Å². The third-order valence-corrected chi connectivity index (χ3v) is 5.13. The molecule has 0 aliphatic carbocycles. The summed E-state index contributed by atoms with van der Waals surface area (Å²) in [5, 5.41) is 12.4. The number of benzene rings is 1. The van der Waals surface area contributed by atoms with Crippen LogP contribution in [0.4, 0.5) is 0 Å². The highest BCUT2D eigenvalue weighted by molar-refractivity contribution is 7.99. The van der Waals surface area contributed by atoms with E-state index in [0.29, 0.717) is 32.5 Å². The number of nitrogens with zero attached hydrogens (tertiary/aromatic N) is 3. The number of amides is 1. The van der Waals surface area contributed by atoms with Crippen LogP contribution in [0.3, 0.4) is 0 Å². The fourth-order valence-electron chi connectivity index (χ4n) is 2.43. The van der Waals surface area contributed by atoms with Gasteiger partial charge in [0.15, 0.2) is 5.11 Å². The van der Waals surface area contributed by atoms with Gasteiger partial charge in [-0.25, -0.2) is 4.68 Å². The Balaban J connectivity index is 1.61. The first kappa shape index (κ1) is 22.4. The molecule has 2 N–H and O–H groups in total. The second-order valence-corrected chi connectivity index (χ2v) is 8.43. The number of rotatable bonds is 6. The van der Waals surface area contributed by atoms with Gasteiger partial charge in [0.1, 0.15) is 17.3 Å². The predicted octanol–water partition coefficient (Wildman–Crippen LogP) is 4.92. The van der Waals surface area contributed by atoms with Crippen molar-refractivity contribution >= 4 is 64.3 Å². The summed E-state index contributed by atoms with van der Waals surface area (Å²) >= 11 is 18.7. The zero-order valence-electron chi connectivity index (χ0n) is 16.0. The number of furan rings is 1. The molecule has 7 nitrogen and oxygen atoms in total. The zero-order chi connectivity index (χ0) is 21.7. The van der Waals surface area contributed by atoms with Gasteiger partial charge in [-0.2, -0.15) is 0 Å². The number of aryl methyl sites for hydroxylation is 1. The lowest BCUT2D eigenvalue weighted by atomic mass is 10.2. The van der Waals surface area contributed by atoms with Crippen molar-refractivity contribution < 1.29 is 9.21 Å². The molecule has 11 heteroatoms. The molecule has 0 spiro atoms. The van der Waals surface area contributed by atoms with Crippen molar-refractivity contribution in [2.45, 2.75) is 19.0 Å². The van der Waals surface area contributed by atoms with Crippen molar-refractivity contribution in [2.24, 2.45) is 0 Å². The van der Waals surface area contributed by atoms with Crippen molar-refractivity contribution in [3.63, 3.8) is 0 Å². The number of halogens is 2. The number of thiocarbonyl (C=S) groups is 1. The van der Waals surface area contributed by atoms with Crippen LogP contribution in [0.5, 0.6) is 0 Å². The monoisotopic (exact) mass is 481 g/mol. The highest BCUT2D eigenvalue weighted by Gasteiger charge is 2.11. The number of nitrogens with one attached hydrogen (secondary N) is 2. The highest BCUT2D eigenvalue weighted by Crippen LogP contribution is 2.28. The summed E-state index contributed by atoms with van der Waals surface area (Å²) in [4.78, 5) is 12.2. The molecule has 0 fully saturated rings. The Morgan fingerprint density at radius 2 is 2.00 bits per heavy atom. The van der Waals surface area contributed by atoms with Crippen LogP contribution in [0.25, 0.3) is 17.4 Å². The second-order valence-electron chi connectivity index (χ2n) is 5.92. The van der Waals surface area contributed by atoms with Crippen molar-refractivity contribution in [3.05, 3.63) is 58.0 Å². The average Bonchev–Trinajstić information content (AvgIpc) is 3.28. The molecule has 0 aliphatic rings. The first-order valence-corrected chi connectivity index (χ1v) is 10.9. The summed E-state index contributed by atoms with van der Waals surface area (Å²) in [5.41, 5.74) is 3.64. The highest BCUT2D eigenvalue weighted by atomic mass is 35.5. The Morgan fingerprint density at radius 1 is 1.27 bits per heavy atom. The first-order chi connectivity index (χ1) is 14.4. The van der Waals surface area contributed by atoms with E-state index < -0.39 is 5.91 Å². The Morgan fingerprint density at radius 3 is 2.70 bits per heavy atom. The van der Waals surface area contributed by atoms with Gasteiger partial charge in [-0.1, -0.05) is 41.9 Å². The molecule has 3 rings (SSSR count). The maximum atomic E-state index is 12.2. The van der Waals surface area contributed by atoms with E-state index in [9.17, 15) is 4.79 Å². The summed E-state index contributed by atoms with van der Waals surface area (Å²) < 4.78 is 7.34. The molecule has 1 aromatic carbocycles. The molecule has 0 saturated heterocycles. The fourth-order valence-corrected chi connectivity index (χ4v) is 3.81. The quantitative estimate of drug-likeness (QED) is 0.293. The predicted molar refractivity (Wildman–Crippen MR) is 124 cm³/mol. The summed E-state index contributed by atoms with van der Waals surface area (Å²) in [6.07, 6.45) is 2.86. The van der Waals surface area contributed by atoms with Gasteiger partial charge in [0.25, 0.3) is 0 Å². The first-order valence-electron chi connectivity index (χ1n) is 8.77. The molecular weight excluding hydrogens is 465 g/mol. The molecule has 0 unspecified atom stereocenters. The van der Waals surface area contributed by atoms with Gasteiger partial charge in [0, 0.05) is 21.7 Å². The maximum Gasteiger partial charge on any atom is 0.250 e. The van der Waals surface area contributed by atoms with Crippen LogP contribution in [0, 0.1) is 6.92 Å². The van der Waals surface area contributed by atoms with Gasteiger partial charge >= 0.3 is 0 Å². The third kappa shape index (κ3) is 5.85. The Hall–Kier alpha value is -2.33. The topological polar surface area (TPSA) is 85.0 Å². The van der Waals surface area contributed by atoms with Crippen LogP contribution in [-0.2, 0) is 4.79 Å². The fraction of sp³-hybridized carbons (Fsp3) is 0.158. The van der Waals surface area contributed by atoms with Gasteiger partial charge in [0.05, 0.1) is 0 Å². The molecule has 0 saturated carbocycles. The molecule has 0 atom stereocenters. The number of carbonyl (C=O) groups excluding carboxylic acids is 1. The maximum absolute atomic E-state index is 12.2. The van der Waals surface area contributed by atoms with Crippen LogP contribution in [0.15, 0.2) is 46.0 Å². The van der Waals surface area contributed by atoms with Gasteiger partial charge < -0.3 is 4.42 Å². The minimum atomic E-state index is -0.410. The number of hydrogen-bond acceptors (Lipinski definition) is 6. The SMILES string of the molecule is CCSc1nnc(C)n1NC(=S)NC(=O)/C=C/c1ccc(-c2cc(Cl)cc(Cl)c2)o1. The van der Waals surface area contributed by atoms with Gasteiger partial charge in [-0.3, -0.25) is 15.5 Å².